The SMILES string of the molecule is Cc1ccc2c(c1)-c1onc(C(=O)NCC3CCCO3)c1CO2. The molecule has 23 heavy (non-hydrogen) atoms. The molecule has 1 atom stereocenters. The fourth-order valence-corrected chi connectivity index (χ4v) is 3.03. The van der Waals surface area contributed by atoms with E-state index in [9.17, 15) is 4.79 Å². The first kappa shape index (κ1) is 14.3. The Kier molecular flexibility index (Phi) is 3.53. The molecular formula is C17H18N2O4. The van der Waals surface area contributed by atoms with Crippen molar-refractivity contribution >= 4 is 5.91 Å². The Morgan fingerprint density at radius 3 is 3.17 bits per heavy atom. The molecule has 0 aliphatic carbocycles. The van der Waals surface area contributed by atoms with Crippen LogP contribution in [0.15, 0.2) is 22.7 Å². The van der Waals surface area contributed by atoms with Gasteiger partial charge in [-0.15, -0.1) is 0 Å². The number of aromatic nitrogens is 1. The van der Waals surface area contributed by atoms with Crippen molar-refractivity contribution in [2.75, 3.05) is 13.2 Å². The number of nitrogens with one attached hydrogen (secondary N) is 1. The van der Waals surface area contributed by atoms with Gasteiger partial charge in [-0.3, -0.25) is 4.79 Å². The third-order valence-electron chi connectivity index (χ3n) is 4.27. The van der Waals surface area contributed by atoms with E-state index < -0.39 is 0 Å². The number of nitrogens with zero attached hydrogens (tertiary/aromatic N) is 1. The molecule has 4 rings (SSSR count). The Balaban J connectivity index is 1.57. The summed E-state index contributed by atoms with van der Waals surface area (Å²) in [5, 5.41) is 6.83. The highest BCUT2D eigenvalue weighted by atomic mass is 16.5. The molecule has 1 saturated heterocycles. The van der Waals surface area contributed by atoms with Crippen molar-refractivity contribution in [2.24, 2.45) is 0 Å². The molecule has 6 nitrogen and oxygen atoms in total. The second-order valence-electron chi connectivity index (χ2n) is 5.97. The number of aryl methyl sites for hydroxylation is 1. The molecule has 2 aliphatic rings. The summed E-state index contributed by atoms with van der Waals surface area (Å²) in [6.07, 6.45) is 2.12. The monoisotopic (exact) mass is 314 g/mol. The lowest BCUT2D eigenvalue weighted by Crippen LogP contribution is -2.32. The zero-order valence-electron chi connectivity index (χ0n) is 12.9. The van der Waals surface area contributed by atoms with E-state index in [1.54, 1.807) is 0 Å². The van der Waals surface area contributed by atoms with Gasteiger partial charge in [0.1, 0.15) is 12.4 Å². The van der Waals surface area contributed by atoms with Crippen LogP contribution in [0.25, 0.3) is 11.3 Å². The molecule has 3 heterocycles. The van der Waals surface area contributed by atoms with Gasteiger partial charge in [0, 0.05) is 13.2 Å². The molecule has 2 aliphatic heterocycles. The maximum atomic E-state index is 12.4. The minimum Gasteiger partial charge on any atom is -0.488 e. The van der Waals surface area contributed by atoms with E-state index in [1.807, 2.05) is 25.1 Å². The van der Waals surface area contributed by atoms with E-state index in [-0.39, 0.29) is 18.6 Å². The van der Waals surface area contributed by atoms with Crippen LogP contribution in [0.2, 0.25) is 0 Å². The molecule has 0 bridgehead atoms. The summed E-state index contributed by atoms with van der Waals surface area (Å²) in [4.78, 5) is 12.4. The first-order valence-electron chi connectivity index (χ1n) is 7.84. The van der Waals surface area contributed by atoms with E-state index in [0.717, 1.165) is 36.3 Å². The Hall–Kier alpha value is -2.34. The maximum absolute atomic E-state index is 12.4. The standard InChI is InChI=1S/C17H18N2O4/c1-10-4-5-14-12(7-10)16-13(9-22-14)15(19-23-16)17(20)18-8-11-3-2-6-21-11/h4-5,7,11H,2-3,6,8-9H2,1H3,(H,18,20). The molecule has 6 heteroatoms. The van der Waals surface area contributed by atoms with Crippen molar-refractivity contribution in [3.63, 3.8) is 0 Å². The van der Waals surface area contributed by atoms with E-state index in [2.05, 4.69) is 10.5 Å². The van der Waals surface area contributed by atoms with Crippen molar-refractivity contribution in [1.82, 2.24) is 10.5 Å². The predicted molar refractivity (Wildman–Crippen MR) is 82.3 cm³/mol. The van der Waals surface area contributed by atoms with E-state index in [4.69, 9.17) is 14.0 Å². The molecule has 1 aromatic heterocycles. The lowest BCUT2D eigenvalue weighted by Gasteiger charge is -2.17. The molecule has 0 radical (unpaired) electrons. The summed E-state index contributed by atoms with van der Waals surface area (Å²) in [5.41, 5.74) is 2.94. The van der Waals surface area contributed by atoms with Crippen LogP contribution in [0.5, 0.6) is 5.75 Å². The van der Waals surface area contributed by atoms with Crippen LogP contribution in [0.1, 0.15) is 34.5 Å². The van der Waals surface area contributed by atoms with Crippen LogP contribution < -0.4 is 10.1 Å². The van der Waals surface area contributed by atoms with Gasteiger partial charge in [0.2, 0.25) is 0 Å². The van der Waals surface area contributed by atoms with Gasteiger partial charge in [0.15, 0.2) is 11.5 Å². The zero-order valence-corrected chi connectivity index (χ0v) is 12.9. The molecule has 0 spiro atoms. The fourth-order valence-electron chi connectivity index (χ4n) is 3.03. The minimum atomic E-state index is -0.245. The molecular weight excluding hydrogens is 296 g/mol. The first-order chi connectivity index (χ1) is 11.2. The molecule has 1 N–H and O–H groups in total. The number of carbonyl (C=O) groups is 1. The molecule has 1 amide bonds. The number of fused-ring (bicyclic) bond motifs is 3. The van der Waals surface area contributed by atoms with Gasteiger partial charge in [-0.2, -0.15) is 0 Å². The van der Waals surface area contributed by atoms with Crippen LogP contribution in [0, 0.1) is 6.92 Å². The van der Waals surface area contributed by atoms with Crippen LogP contribution in [-0.2, 0) is 11.3 Å². The quantitative estimate of drug-likeness (QED) is 0.942. The lowest BCUT2D eigenvalue weighted by atomic mass is 10.0. The molecule has 1 aromatic carbocycles. The summed E-state index contributed by atoms with van der Waals surface area (Å²) >= 11 is 0. The molecule has 1 unspecified atom stereocenters. The van der Waals surface area contributed by atoms with Gasteiger partial charge < -0.3 is 19.3 Å². The minimum absolute atomic E-state index is 0.0984. The molecule has 0 saturated carbocycles. The maximum Gasteiger partial charge on any atom is 0.274 e. The normalized spacial score (nSPS) is 18.9. The third kappa shape index (κ3) is 2.59. The number of hydrogen-bond acceptors (Lipinski definition) is 5. The predicted octanol–water partition coefficient (Wildman–Crippen LogP) is 2.45. The Labute approximate surface area is 133 Å². The van der Waals surface area contributed by atoms with Crippen molar-refractivity contribution in [3.8, 4) is 17.1 Å². The van der Waals surface area contributed by atoms with Gasteiger partial charge in [-0.25, -0.2) is 0 Å². The molecule has 2 aromatic rings. The van der Waals surface area contributed by atoms with Crippen molar-refractivity contribution in [3.05, 3.63) is 35.0 Å². The highest BCUT2D eigenvalue weighted by Gasteiger charge is 2.29. The second kappa shape index (κ2) is 5.70. The van der Waals surface area contributed by atoms with E-state index >= 15 is 0 Å². The van der Waals surface area contributed by atoms with Crippen LogP contribution >= 0.6 is 0 Å². The summed E-state index contributed by atoms with van der Waals surface area (Å²) in [5.74, 6) is 1.13. The average Bonchev–Trinajstić information content (AvgIpc) is 3.22. The Morgan fingerprint density at radius 2 is 2.35 bits per heavy atom. The van der Waals surface area contributed by atoms with Gasteiger partial charge in [-0.05, 0) is 31.9 Å². The Bertz CT molecular complexity index is 747. The summed E-state index contributed by atoms with van der Waals surface area (Å²) in [7, 11) is 0. The third-order valence-corrected chi connectivity index (χ3v) is 4.27. The van der Waals surface area contributed by atoms with Gasteiger partial charge in [0.25, 0.3) is 5.91 Å². The second-order valence-corrected chi connectivity index (χ2v) is 5.97. The lowest BCUT2D eigenvalue weighted by molar-refractivity contribution is 0.0849. The van der Waals surface area contributed by atoms with Crippen LogP contribution in [0.3, 0.4) is 0 Å². The number of benzene rings is 1. The summed E-state index contributed by atoms with van der Waals surface area (Å²) < 4.78 is 16.7. The molecule has 1 fully saturated rings. The smallest absolute Gasteiger partial charge is 0.274 e. The van der Waals surface area contributed by atoms with Gasteiger partial charge >= 0.3 is 0 Å². The zero-order chi connectivity index (χ0) is 15.8. The number of ether oxygens (including phenoxy) is 2. The fraction of sp³-hybridized carbons (Fsp3) is 0.412. The van der Waals surface area contributed by atoms with Crippen molar-refractivity contribution in [2.45, 2.75) is 32.5 Å². The largest absolute Gasteiger partial charge is 0.488 e. The number of amides is 1. The highest BCUT2D eigenvalue weighted by molar-refractivity contribution is 5.95. The Morgan fingerprint density at radius 1 is 1.43 bits per heavy atom. The number of rotatable bonds is 3. The summed E-state index contributed by atoms with van der Waals surface area (Å²) in [6, 6.07) is 5.87. The highest BCUT2D eigenvalue weighted by Crippen LogP contribution is 2.39. The van der Waals surface area contributed by atoms with Crippen molar-refractivity contribution < 1.29 is 18.8 Å². The van der Waals surface area contributed by atoms with E-state index in [1.165, 1.54) is 0 Å². The number of hydrogen-bond donors (Lipinski definition) is 1. The van der Waals surface area contributed by atoms with Crippen LogP contribution in [0.4, 0.5) is 0 Å². The number of carbonyl (C=O) groups excluding carboxylic acids is 1. The van der Waals surface area contributed by atoms with Crippen LogP contribution in [-0.4, -0.2) is 30.3 Å². The van der Waals surface area contributed by atoms with E-state index in [0.29, 0.717) is 23.6 Å². The van der Waals surface area contributed by atoms with Gasteiger partial charge in [-0.1, -0.05) is 16.8 Å². The summed E-state index contributed by atoms with van der Waals surface area (Å²) in [6.45, 7) is 3.55. The van der Waals surface area contributed by atoms with Crippen molar-refractivity contribution in [1.29, 1.82) is 0 Å². The topological polar surface area (TPSA) is 73.6 Å². The average molecular weight is 314 g/mol. The first-order valence-corrected chi connectivity index (χ1v) is 7.84. The molecule has 120 valence electrons. The van der Waals surface area contributed by atoms with Gasteiger partial charge in [0.05, 0.1) is 17.2 Å².